The number of unbranched alkanes of at least 4 members (excludes halogenated alkanes) is 49. The first-order valence-corrected chi connectivity index (χ1v) is 32.0. The van der Waals surface area contributed by atoms with Gasteiger partial charge in [-0.2, -0.15) is 0 Å². The highest BCUT2D eigenvalue weighted by molar-refractivity contribution is 5.76. The van der Waals surface area contributed by atoms with Crippen molar-refractivity contribution in [3.05, 3.63) is 12.2 Å². The second kappa shape index (κ2) is 60.2. The van der Waals surface area contributed by atoms with E-state index in [1.807, 2.05) is 6.08 Å². The van der Waals surface area contributed by atoms with E-state index in [1.165, 1.54) is 295 Å². The number of carbonyl (C=O) groups excluding carboxylic acids is 2. The smallest absolute Gasteiger partial charge is 0.305 e. The number of carbonyl (C=O) groups is 2. The number of ether oxygens (including phenoxy) is 1. The molecular weight excluding hydrogens is 863 g/mol. The average Bonchev–Trinajstić information content (AvgIpc) is 3.36. The van der Waals surface area contributed by atoms with E-state index in [9.17, 15) is 19.8 Å². The molecule has 0 radical (unpaired) electrons. The highest BCUT2D eigenvalue weighted by Crippen LogP contribution is 2.18. The fourth-order valence-electron chi connectivity index (χ4n) is 10.2. The first kappa shape index (κ1) is 68.6. The minimum Gasteiger partial charge on any atom is -0.466 e. The molecule has 0 aromatic rings. The van der Waals surface area contributed by atoms with Gasteiger partial charge in [0, 0.05) is 12.8 Å². The molecule has 0 saturated carbocycles. The molecule has 2 unspecified atom stereocenters. The van der Waals surface area contributed by atoms with Crippen molar-refractivity contribution in [2.75, 3.05) is 13.2 Å². The zero-order chi connectivity index (χ0) is 50.7. The Labute approximate surface area is 438 Å². The fourth-order valence-corrected chi connectivity index (χ4v) is 10.2. The van der Waals surface area contributed by atoms with Crippen molar-refractivity contribution in [3.63, 3.8) is 0 Å². The van der Waals surface area contributed by atoms with E-state index in [-0.39, 0.29) is 18.5 Å². The molecule has 0 aromatic heterocycles. The summed E-state index contributed by atoms with van der Waals surface area (Å²) in [4.78, 5) is 24.4. The van der Waals surface area contributed by atoms with Gasteiger partial charge in [-0.25, -0.2) is 0 Å². The number of hydrogen-bond donors (Lipinski definition) is 3. The van der Waals surface area contributed by atoms with E-state index in [2.05, 4.69) is 19.2 Å². The van der Waals surface area contributed by atoms with Crippen LogP contribution in [0.4, 0.5) is 0 Å². The van der Waals surface area contributed by atoms with Crippen molar-refractivity contribution in [1.29, 1.82) is 0 Å². The van der Waals surface area contributed by atoms with Gasteiger partial charge in [0.1, 0.15) is 0 Å². The van der Waals surface area contributed by atoms with Gasteiger partial charge in [0.2, 0.25) is 5.91 Å². The Morgan fingerprint density at radius 2 is 0.657 bits per heavy atom. The third kappa shape index (κ3) is 55.9. The number of aliphatic hydroxyl groups is 2. The molecule has 3 N–H and O–H groups in total. The van der Waals surface area contributed by atoms with E-state index in [1.54, 1.807) is 6.08 Å². The van der Waals surface area contributed by atoms with Crippen LogP contribution in [0.1, 0.15) is 361 Å². The molecule has 0 aliphatic heterocycles. The van der Waals surface area contributed by atoms with E-state index < -0.39 is 12.1 Å². The molecule has 0 spiro atoms. The summed E-state index contributed by atoms with van der Waals surface area (Å²) in [5, 5.41) is 23.0. The molecule has 0 bridgehead atoms. The molecule has 6 nitrogen and oxygen atoms in total. The van der Waals surface area contributed by atoms with Gasteiger partial charge in [0.05, 0.1) is 25.4 Å². The minimum absolute atomic E-state index is 0.0223. The summed E-state index contributed by atoms with van der Waals surface area (Å²) < 4.78 is 5.49. The largest absolute Gasteiger partial charge is 0.466 e. The maximum atomic E-state index is 12.4. The molecule has 0 aliphatic carbocycles. The molecule has 70 heavy (non-hydrogen) atoms. The normalized spacial score (nSPS) is 12.6. The number of allylic oxidation sites excluding steroid dienone is 1. The number of hydrogen-bond acceptors (Lipinski definition) is 5. The molecule has 0 aromatic carbocycles. The maximum Gasteiger partial charge on any atom is 0.305 e. The van der Waals surface area contributed by atoms with Crippen molar-refractivity contribution >= 4 is 11.9 Å². The highest BCUT2D eigenvalue weighted by Gasteiger charge is 2.18. The summed E-state index contributed by atoms with van der Waals surface area (Å²) in [5.74, 6) is -0.0426. The molecule has 416 valence electrons. The summed E-state index contributed by atoms with van der Waals surface area (Å²) in [5.41, 5.74) is 0. The van der Waals surface area contributed by atoms with Crippen LogP contribution in [-0.4, -0.2) is 47.4 Å². The third-order valence-corrected chi connectivity index (χ3v) is 15.1. The Kier molecular flexibility index (Phi) is 59.0. The topological polar surface area (TPSA) is 95.9 Å². The van der Waals surface area contributed by atoms with Crippen LogP contribution in [0.25, 0.3) is 0 Å². The highest BCUT2D eigenvalue weighted by atomic mass is 16.5. The van der Waals surface area contributed by atoms with Gasteiger partial charge in [-0.15, -0.1) is 0 Å². The summed E-state index contributed by atoms with van der Waals surface area (Å²) in [6.07, 6.45) is 72.9. The van der Waals surface area contributed by atoms with E-state index in [4.69, 9.17) is 4.74 Å². The molecule has 2 atom stereocenters. The molecule has 0 aliphatic rings. The van der Waals surface area contributed by atoms with Crippen LogP contribution in [0.3, 0.4) is 0 Å². The molecule has 0 rings (SSSR count). The summed E-state index contributed by atoms with van der Waals surface area (Å²) in [6.45, 7) is 4.90. The second-order valence-electron chi connectivity index (χ2n) is 22.1. The van der Waals surface area contributed by atoms with Gasteiger partial charge in [0.15, 0.2) is 0 Å². The Hall–Kier alpha value is -1.40. The van der Waals surface area contributed by atoms with Gasteiger partial charge in [-0.3, -0.25) is 9.59 Å². The van der Waals surface area contributed by atoms with Gasteiger partial charge in [0.25, 0.3) is 0 Å². The van der Waals surface area contributed by atoms with Gasteiger partial charge in [-0.05, 0) is 32.1 Å². The van der Waals surface area contributed by atoms with Crippen LogP contribution in [0.15, 0.2) is 12.2 Å². The number of aliphatic hydroxyl groups excluding tert-OH is 2. The van der Waals surface area contributed by atoms with E-state index in [0.29, 0.717) is 19.4 Å². The summed E-state index contributed by atoms with van der Waals surface area (Å²) in [7, 11) is 0. The third-order valence-electron chi connectivity index (χ3n) is 15.1. The predicted octanol–water partition coefficient (Wildman–Crippen LogP) is 20.0. The molecule has 0 heterocycles. The van der Waals surface area contributed by atoms with Crippen LogP contribution < -0.4 is 5.32 Å². The molecule has 6 heteroatoms. The number of nitrogens with one attached hydrogen (secondary N) is 1. The second-order valence-corrected chi connectivity index (χ2v) is 22.1. The molecule has 0 fully saturated rings. The minimum atomic E-state index is -0.838. The van der Waals surface area contributed by atoms with Crippen molar-refractivity contribution in [1.82, 2.24) is 5.32 Å². The molecular formula is C64H125NO5. The first-order valence-electron chi connectivity index (χ1n) is 32.0. The van der Waals surface area contributed by atoms with Crippen LogP contribution in [0, 0.1) is 0 Å². The Bertz CT molecular complexity index is 1050. The van der Waals surface area contributed by atoms with Crippen molar-refractivity contribution in [2.24, 2.45) is 0 Å². The molecule has 1 amide bonds. The van der Waals surface area contributed by atoms with E-state index in [0.717, 1.165) is 38.5 Å². The number of amides is 1. The zero-order valence-electron chi connectivity index (χ0n) is 47.5. The summed E-state index contributed by atoms with van der Waals surface area (Å²) in [6, 6.07) is -0.621. The van der Waals surface area contributed by atoms with Crippen LogP contribution in [0.5, 0.6) is 0 Å². The van der Waals surface area contributed by atoms with Crippen molar-refractivity contribution in [2.45, 2.75) is 373 Å². The Morgan fingerprint density at radius 3 is 0.971 bits per heavy atom. The van der Waals surface area contributed by atoms with Crippen LogP contribution in [0.2, 0.25) is 0 Å². The lowest BCUT2D eigenvalue weighted by Gasteiger charge is -2.20. The lowest BCUT2D eigenvalue weighted by atomic mass is 10.0. The molecule has 0 saturated heterocycles. The van der Waals surface area contributed by atoms with Crippen molar-refractivity contribution < 1.29 is 24.5 Å². The standard InChI is InChI=1S/C64H125NO5/c1-3-5-7-9-11-13-14-34-38-42-46-50-54-58-64(69)70-59-55-51-47-43-39-36-33-31-29-27-25-23-21-19-17-15-16-18-20-22-24-26-28-30-32-35-37-41-45-49-53-57-63(68)65-61(60-66)62(67)56-52-48-44-40-12-10-8-6-4-2/h52,56,61-62,66-67H,3-51,53-55,57-60H2,1-2H3,(H,65,68)/b56-52+. The van der Waals surface area contributed by atoms with Gasteiger partial charge < -0.3 is 20.3 Å². The SMILES string of the molecule is CCCCCCCCC/C=C/C(O)C(CO)NC(=O)CCCCCCCCCCCCCCCCCCCCCCCCCCCCCCCCCOC(=O)CCCCCCCCCCCCCCC. The van der Waals surface area contributed by atoms with Crippen molar-refractivity contribution in [3.8, 4) is 0 Å². The van der Waals surface area contributed by atoms with Gasteiger partial charge in [-0.1, -0.05) is 328 Å². The average molecular weight is 989 g/mol. The monoisotopic (exact) mass is 988 g/mol. The van der Waals surface area contributed by atoms with Crippen LogP contribution in [-0.2, 0) is 14.3 Å². The van der Waals surface area contributed by atoms with Crippen LogP contribution >= 0.6 is 0 Å². The Morgan fingerprint density at radius 1 is 0.386 bits per heavy atom. The Balaban J connectivity index is 3.29. The maximum absolute atomic E-state index is 12.4. The first-order chi connectivity index (χ1) is 34.5. The number of esters is 1. The quantitative estimate of drug-likeness (QED) is 0.0321. The van der Waals surface area contributed by atoms with E-state index >= 15 is 0 Å². The summed E-state index contributed by atoms with van der Waals surface area (Å²) >= 11 is 0. The lowest BCUT2D eigenvalue weighted by Crippen LogP contribution is -2.45. The fraction of sp³-hybridized carbons (Fsp3) is 0.938. The predicted molar refractivity (Wildman–Crippen MR) is 306 cm³/mol. The lowest BCUT2D eigenvalue weighted by molar-refractivity contribution is -0.143. The zero-order valence-corrected chi connectivity index (χ0v) is 47.5. The van der Waals surface area contributed by atoms with Gasteiger partial charge >= 0.3 is 5.97 Å². The number of rotatable bonds is 60.